The normalized spacial score (nSPS) is 10.5. The van der Waals surface area contributed by atoms with Crippen LogP contribution in [0, 0.1) is 12.4 Å². The topological polar surface area (TPSA) is 62.0 Å². The standard InChI is InChI=1S/C26H23Br2FN2O4/c1-3-33-26(32)14-19-13-22(29)21(27)15-23(19)34-11-5-6-17-12-20(30-2)10-9-18(17)16-35-25-8-4-7-24(28)31-25/h4,7-10,12-13,15H,3,5-6,11,14,16H2,1H3. The van der Waals surface area contributed by atoms with E-state index < -0.39 is 11.8 Å². The van der Waals surface area contributed by atoms with Crippen LogP contribution in [-0.2, 0) is 29.0 Å². The van der Waals surface area contributed by atoms with Crippen molar-refractivity contribution in [3.8, 4) is 11.6 Å². The van der Waals surface area contributed by atoms with Crippen LogP contribution in [0.25, 0.3) is 4.85 Å². The monoisotopic (exact) mass is 604 g/mol. The lowest BCUT2D eigenvalue weighted by Crippen LogP contribution is -2.10. The molecular formula is C26H23Br2FN2O4. The molecule has 2 aromatic carbocycles. The van der Waals surface area contributed by atoms with Gasteiger partial charge in [-0.15, -0.1) is 0 Å². The fraction of sp³-hybridized carbons (Fsp3) is 0.269. The summed E-state index contributed by atoms with van der Waals surface area (Å²) >= 11 is 6.50. The molecule has 6 nitrogen and oxygen atoms in total. The van der Waals surface area contributed by atoms with E-state index in [1.54, 1.807) is 19.1 Å². The van der Waals surface area contributed by atoms with Crippen molar-refractivity contribution in [2.24, 2.45) is 0 Å². The summed E-state index contributed by atoms with van der Waals surface area (Å²) in [7, 11) is 0. The molecule has 9 heteroatoms. The molecule has 0 radical (unpaired) electrons. The lowest BCUT2D eigenvalue weighted by atomic mass is 10.0. The SMILES string of the molecule is [C-]#[N+]c1ccc(COc2cccc(Br)n2)c(CCCOc2cc(Br)c(F)cc2CC(=O)OCC)c1. The lowest BCUT2D eigenvalue weighted by Gasteiger charge is -2.14. The number of hydrogen-bond donors (Lipinski definition) is 0. The summed E-state index contributed by atoms with van der Waals surface area (Å²) in [5.74, 6) is 0.00115. The Balaban J connectivity index is 1.65. The average Bonchev–Trinajstić information content (AvgIpc) is 2.83. The smallest absolute Gasteiger partial charge is 0.310 e. The van der Waals surface area contributed by atoms with Gasteiger partial charge in [0.15, 0.2) is 5.69 Å². The second-order valence-electron chi connectivity index (χ2n) is 7.46. The first-order valence-electron chi connectivity index (χ1n) is 10.9. The van der Waals surface area contributed by atoms with Gasteiger partial charge >= 0.3 is 5.97 Å². The molecule has 0 N–H and O–H groups in total. The summed E-state index contributed by atoms with van der Waals surface area (Å²) in [6.07, 6.45) is 1.20. The molecule has 0 fully saturated rings. The molecule has 0 spiro atoms. The number of aromatic nitrogens is 1. The van der Waals surface area contributed by atoms with Gasteiger partial charge in [0, 0.05) is 11.6 Å². The minimum atomic E-state index is -0.475. The number of esters is 1. The maximum absolute atomic E-state index is 14.0. The summed E-state index contributed by atoms with van der Waals surface area (Å²) in [6, 6.07) is 13.7. The van der Waals surface area contributed by atoms with Crippen molar-refractivity contribution in [2.75, 3.05) is 13.2 Å². The molecule has 0 aliphatic carbocycles. The van der Waals surface area contributed by atoms with Crippen molar-refractivity contribution in [1.82, 2.24) is 4.98 Å². The molecule has 0 atom stereocenters. The fourth-order valence-electron chi connectivity index (χ4n) is 3.33. The Morgan fingerprint density at radius 2 is 1.91 bits per heavy atom. The van der Waals surface area contributed by atoms with Gasteiger partial charge in [-0.3, -0.25) is 4.79 Å². The molecule has 3 aromatic rings. The molecule has 1 aromatic heterocycles. The fourth-order valence-corrected chi connectivity index (χ4v) is 3.98. The van der Waals surface area contributed by atoms with Crippen molar-refractivity contribution in [3.05, 3.63) is 91.5 Å². The van der Waals surface area contributed by atoms with E-state index >= 15 is 0 Å². The number of carbonyl (C=O) groups is 1. The third-order valence-corrected chi connectivity index (χ3v) is 6.02. The van der Waals surface area contributed by atoms with Crippen LogP contribution in [0.3, 0.4) is 0 Å². The number of ether oxygens (including phenoxy) is 3. The van der Waals surface area contributed by atoms with Crippen LogP contribution in [0.2, 0.25) is 0 Å². The number of pyridine rings is 1. The first-order valence-corrected chi connectivity index (χ1v) is 12.5. The van der Waals surface area contributed by atoms with Crippen LogP contribution in [0.5, 0.6) is 11.6 Å². The van der Waals surface area contributed by atoms with Crippen molar-refractivity contribution in [1.29, 1.82) is 0 Å². The summed E-state index contributed by atoms with van der Waals surface area (Å²) in [6.45, 7) is 9.94. The quantitative estimate of drug-likeness (QED) is 0.102. The van der Waals surface area contributed by atoms with E-state index in [0.717, 1.165) is 11.1 Å². The van der Waals surface area contributed by atoms with Gasteiger partial charge in [-0.2, -0.15) is 0 Å². The van der Waals surface area contributed by atoms with E-state index in [9.17, 15) is 9.18 Å². The van der Waals surface area contributed by atoms with Gasteiger partial charge in [-0.05, 0) is 75.4 Å². The van der Waals surface area contributed by atoms with Gasteiger partial charge in [0.25, 0.3) is 0 Å². The Morgan fingerprint density at radius 3 is 2.66 bits per heavy atom. The molecule has 0 unspecified atom stereocenters. The minimum absolute atomic E-state index is 0.0778. The minimum Gasteiger partial charge on any atom is -0.493 e. The van der Waals surface area contributed by atoms with E-state index in [4.69, 9.17) is 20.8 Å². The Kier molecular flexibility index (Phi) is 10.1. The van der Waals surface area contributed by atoms with Crippen LogP contribution in [0.15, 0.2) is 57.6 Å². The van der Waals surface area contributed by atoms with Gasteiger partial charge < -0.3 is 14.2 Å². The molecule has 0 saturated carbocycles. The Morgan fingerprint density at radius 1 is 1.09 bits per heavy atom. The lowest BCUT2D eigenvalue weighted by molar-refractivity contribution is -0.142. The zero-order valence-corrected chi connectivity index (χ0v) is 22.2. The maximum Gasteiger partial charge on any atom is 0.310 e. The maximum atomic E-state index is 14.0. The predicted octanol–water partition coefficient (Wildman–Crippen LogP) is 6.99. The largest absolute Gasteiger partial charge is 0.493 e. The highest BCUT2D eigenvalue weighted by Crippen LogP contribution is 2.28. The highest BCUT2D eigenvalue weighted by Gasteiger charge is 2.14. The van der Waals surface area contributed by atoms with Gasteiger partial charge in [-0.1, -0.05) is 29.8 Å². The second kappa shape index (κ2) is 13.2. The highest BCUT2D eigenvalue weighted by molar-refractivity contribution is 9.10. The number of rotatable bonds is 11. The molecule has 0 aliphatic rings. The number of aryl methyl sites for hydroxylation is 1. The van der Waals surface area contributed by atoms with Crippen LogP contribution >= 0.6 is 31.9 Å². The van der Waals surface area contributed by atoms with E-state index in [1.807, 2.05) is 24.3 Å². The van der Waals surface area contributed by atoms with Crippen LogP contribution in [0.1, 0.15) is 30.0 Å². The summed E-state index contributed by atoms with van der Waals surface area (Å²) in [5, 5.41) is 0. The Labute approximate surface area is 220 Å². The molecule has 0 aliphatic heterocycles. The Hall–Kier alpha value is -2.96. The molecular weight excluding hydrogens is 583 g/mol. The Bertz CT molecular complexity index is 1230. The predicted molar refractivity (Wildman–Crippen MR) is 137 cm³/mol. The van der Waals surface area contributed by atoms with Gasteiger partial charge in [-0.25, -0.2) is 14.2 Å². The van der Waals surface area contributed by atoms with E-state index in [2.05, 4.69) is 41.7 Å². The molecule has 0 saturated heterocycles. The van der Waals surface area contributed by atoms with E-state index in [-0.39, 0.29) is 17.5 Å². The van der Waals surface area contributed by atoms with Crippen LogP contribution in [0.4, 0.5) is 10.1 Å². The molecule has 3 rings (SSSR count). The van der Waals surface area contributed by atoms with Gasteiger partial charge in [0.05, 0.1) is 30.7 Å². The number of halogens is 3. The number of carbonyl (C=O) groups excluding carboxylic acids is 1. The zero-order valence-electron chi connectivity index (χ0n) is 19.0. The van der Waals surface area contributed by atoms with Crippen molar-refractivity contribution < 1.29 is 23.4 Å². The second-order valence-corrected chi connectivity index (χ2v) is 9.13. The number of nitrogens with zero attached hydrogens (tertiary/aromatic N) is 2. The van der Waals surface area contributed by atoms with Crippen molar-refractivity contribution in [2.45, 2.75) is 32.8 Å². The third kappa shape index (κ3) is 8.05. The highest BCUT2D eigenvalue weighted by atomic mass is 79.9. The first-order chi connectivity index (χ1) is 16.9. The zero-order chi connectivity index (χ0) is 25.2. The number of hydrogen-bond acceptors (Lipinski definition) is 5. The van der Waals surface area contributed by atoms with Crippen LogP contribution < -0.4 is 9.47 Å². The average molecular weight is 606 g/mol. The third-order valence-electron chi connectivity index (χ3n) is 4.98. The van der Waals surface area contributed by atoms with Gasteiger partial charge in [0.2, 0.25) is 5.88 Å². The summed E-state index contributed by atoms with van der Waals surface area (Å²) in [4.78, 5) is 19.7. The molecule has 0 bridgehead atoms. The van der Waals surface area contributed by atoms with Crippen molar-refractivity contribution >= 4 is 43.5 Å². The van der Waals surface area contributed by atoms with Crippen molar-refractivity contribution in [3.63, 3.8) is 0 Å². The summed E-state index contributed by atoms with van der Waals surface area (Å²) in [5.41, 5.74) is 2.90. The van der Waals surface area contributed by atoms with Crippen LogP contribution in [-0.4, -0.2) is 24.2 Å². The first kappa shape index (κ1) is 26.6. The molecule has 0 amide bonds. The molecule has 1 heterocycles. The summed E-state index contributed by atoms with van der Waals surface area (Å²) < 4.78 is 31.7. The van der Waals surface area contributed by atoms with Gasteiger partial charge in [0.1, 0.15) is 22.8 Å². The molecule has 35 heavy (non-hydrogen) atoms. The van der Waals surface area contributed by atoms with E-state index in [1.165, 1.54) is 12.1 Å². The number of benzene rings is 2. The molecule has 182 valence electrons. The van der Waals surface area contributed by atoms with E-state index in [0.29, 0.717) is 53.5 Å².